The van der Waals surface area contributed by atoms with Crippen LogP contribution in [0.2, 0.25) is 0 Å². The van der Waals surface area contributed by atoms with Crippen molar-refractivity contribution in [3.8, 4) is 0 Å². The van der Waals surface area contributed by atoms with Gasteiger partial charge in [-0.25, -0.2) is 13.0 Å². The number of sulfone groups is 1. The second kappa shape index (κ2) is 8.52. The topological polar surface area (TPSA) is 66.6 Å². The van der Waals surface area contributed by atoms with Crippen molar-refractivity contribution in [3.05, 3.63) is 59.1 Å². The fourth-order valence-electron chi connectivity index (χ4n) is 4.37. The van der Waals surface area contributed by atoms with Gasteiger partial charge in [-0.05, 0) is 12.5 Å². The Kier molecular flexibility index (Phi) is 6.28. The minimum atomic E-state index is -3.43. The van der Waals surface area contributed by atoms with Crippen molar-refractivity contribution in [1.29, 1.82) is 0 Å². The zero-order valence-corrected chi connectivity index (χ0v) is 17.7. The molecule has 6 heteroatoms. The van der Waals surface area contributed by atoms with Crippen LogP contribution in [0.4, 0.5) is 0 Å². The van der Waals surface area contributed by atoms with E-state index in [2.05, 4.69) is 11.5 Å². The quantitative estimate of drug-likeness (QED) is 0.755. The van der Waals surface area contributed by atoms with Gasteiger partial charge >= 0.3 is 0 Å². The monoisotopic (exact) mass is 404 g/mol. The molecule has 0 spiro atoms. The molecule has 0 radical (unpaired) electrons. The van der Waals surface area contributed by atoms with Gasteiger partial charge in [-0.15, -0.1) is 0 Å². The van der Waals surface area contributed by atoms with Gasteiger partial charge in [0.2, 0.25) is 6.04 Å². The van der Waals surface area contributed by atoms with Gasteiger partial charge < -0.3 is 9.84 Å². The molecule has 152 valence electrons. The molecule has 28 heavy (non-hydrogen) atoms. The molecule has 3 atom stereocenters. The van der Waals surface area contributed by atoms with E-state index in [0.29, 0.717) is 5.76 Å². The Morgan fingerprint density at radius 1 is 1.29 bits per heavy atom. The van der Waals surface area contributed by atoms with E-state index in [0.717, 1.165) is 30.4 Å². The van der Waals surface area contributed by atoms with E-state index in [9.17, 15) is 13.5 Å². The SMILES string of the molecule is CC=[N+]1[C@H](CCCC)CS(=O)(=O)C2CC(O)=C(OC)C=C2[C@H]1c1ccccc1. The van der Waals surface area contributed by atoms with Crippen LogP contribution in [0, 0.1) is 0 Å². The van der Waals surface area contributed by atoms with Crippen molar-refractivity contribution < 1.29 is 22.8 Å². The second-order valence-corrected chi connectivity index (χ2v) is 9.72. The number of unbranched alkanes of at least 4 members (excludes halogenated alkanes) is 1. The largest absolute Gasteiger partial charge is 0.508 e. The Morgan fingerprint density at radius 3 is 2.61 bits per heavy atom. The van der Waals surface area contributed by atoms with E-state index in [-0.39, 0.29) is 30.0 Å². The molecule has 1 aromatic carbocycles. The lowest BCUT2D eigenvalue weighted by Gasteiger charge is -2.26. The molecular weight excluding hydrogens is 374 g/mol. The Bertz CT molecular complexity index is 900. The summed E-state index contributed by atoms with van der Waals surface area (Å²) in [6.07, 6.45) is 6.63. The molecular formula is C22H30NO4S+. The maximum atomic E-state index is 13.3. The van der Waals surface area contributed by atoms with Gasteiger partial charge in [0.25, 0.3) is 0 Å². The Hall–Kier alpha value is -2.08. The van der Waals surface area contributed by atoms with Gasteiger partial charge in [-0.2, -0.15) is 0 Å². The molecule has 1 aromatic rings. The van der Waals surface area contributed by atoms with Crippen LogP contribution in [0.5, 0.6) is 0 Å². The number of hydrogen-bond acceptors (Lipinski definition) is 4. The fourth-order valence-corrected chi connectivity index (χ4v) is 6.50. The van der Waals surface area contributed by atoms with Gasteiger partial charge in [0, 0.05) is 30.9 Å². The third-order valence-electron chi connectivity index (χ3n) is 5.75. The van der Waals surface area contributed by atoms with Gasteiger partial charge in [0.15, 0.2) is 21.6 Å². The van der Waals surface area contributed by atoms with Crippen LogP contribution in [0.25, 0.3) is 0 Å². The summed E-state index contributed by atoms with van der Waals surface area (Å²) in [5, 5.41) is 9.61. The summed E-state index contributed by atoms with van der Waals surface area (Å²) >= 11 is 0. The van der Waals surface area contributed by atoms with Crippen molar-refractivity contribution in [2.24, 2.45) is 0 Å². The standard InChI is InChI=1S/C22H29NO4S/c1-4-6-12-17-15-28(25,26)21-14-19(24)20(27-3)13-18(21)22(23(17)5-2)16-10-8-7-9-11-16/h5,7-11,13,17,21-22H,4,6,12,14-15H2,1-3H3/p+1/t17-,21?,22-/m1/s1. The number of aliphatic hydroxyl groups is 1. The number of rotatable bonds is 5. The first-order valence-electron chi connectivity index (χ1n) is 9.94. The first-order valence-corrected chi connectivity index (χ1v) is 11.7. The fraction of sp³-hybridized carbons (Fsp3) is 0.500. The maximum absolute atomic E-state index is 13.3. The van der Waals surface area contributed by atoms with Crippen molar-refractivity contribution in [1.82, 2.24) is 0 Å². The molecule has 2 aliphatic rings. The van der Waals surface area contributed by atoms with E-state index in [1.165, 1.54) is 7.11 Å². The first-order chi connectivity index (χ1) is 13.4. The van der Waals surface area contributed by atoms with E-state index in [1.807, 2.05) is 43.5 Å². The molecule has 0 amide bonds. The smallest absolute Gasteiger partial charge is 0.201 e. The summed E-state index contributed by atoms with van der Waals surface area (Å²) in [7, 11) is -1.93. The lowest BCUT2D eigenvalue weighted by atomic mass is 9.89. The highest BCUT2D eigenvalue weighted by atomic mass is 32.2. The minimum Gasteiger partial charge on any atom is -0.508 e. The van der Waals surface area contributed by atoms with Crippen LogP contribution >= 0.6 is 0 Å². The summed E-state index contributed by atoms with van der Waals surface area (Å²) < 4.78 is 34.2. The Labute approximate surface area is 168 Å². The molecule has 1 fully saturated rings. The maximum Gasteiger partial charge on any atom is 0.201 e. The number of ether oxygens (including phenoxy) is 1. The van der Waals surface area contributed by atoms with Crippen LogP contribution in [-0.2, 0) is 14.6 Å². The molecule has 1 heterocycles. The lowest BCUT2D eigenvalue weighted by molar-refractivity contribution is -0.591. The highest BCUT2D eigenvalue weighted by molar-refractivity contribution is 7.92. The normalized spacial score (nSPS) is 28.5. The number of allylic oxidation sites excluding steroid dienone is 2. The predicted molar refractivity (Wildman–Crippen MR) is 111 cm³/mol. The Balaban J connectivity index is 2.22. The molecule has 1 saturated heterocycles. The molecule has 1 aliphatic heterocycles. The summed E-state index contributed by atoms with van der Waals surface area (Å²) in [6.45, 7) is 4.09. The first kappa shape index (κ1) is 20.6. The molecule has 1 N–H and O–H groups in total. The molecule has 3 rings (SSSR count). The van der Waals surface area contributed by atoms with Crippen molar-refractivity contribution in [2.45, 2.75) is 56.9 Å². The number of benzene rings is 1. The third-order valence-corrected chi connectivity index (χ3v) is 7.91. The zero-order chi connectivity index (χ0) is 20.3. The van der Waals surface area contributed by atoms with Crippen LogP contribution in [-0.4, -0.2) is 48.5 Å². The van der Waals surface area contributed by atoms with Crippen LogP contribution < -0.4 is 0 Å². The van der Waals surface area contributed by atoms with Crippen LogP contribution in [0.1, 0.15) is 51.1 Å². The van der Waals surface area contributed by atoms with Crippen molar-refractivity contribution >= 4 is 16.1 Å². The highest BCUT2D eigenvalue weighted by Gasteiger charge is 2.48. The summed E-state index contributed by atoms with van der Waals surface area (Å²) in [6, 6.07) is 9.70. The van der Waals surface area contributed by atoms with Crippen LogP contribution in [0.3, 0.4) is 0 Å². The molecule has 1 unspecified atom stereocenters. The summed E-state index contributed by atoms with van der Waals surface area (Å²) in [4.78, 5) is 0. The number of methoxy groups -OCH3 is 1. The highest BCUT2D eigenvalue weighted by Crippen LogP contribution is 2.41. The minimum absolute atomic E-state index is 0.00525. The van der Waals surface area contributed by atoms with E-state index >= 15 is 0 Å². The van der Waals surface area contributed by atoms with Gasteiger partial charge in [0.1, 0.15) is 17.7 Å². The van der Waals surface area contributed by atoms with Crippen molar-refractivity contribution in [2.75, 3.05) is 12.9 Å². The second-order valence-electron chi connectivity index (χ2n) is 7.50. The van der Waals surface area contributed by atoms with E-state index in [1.54, 1.807) is 6.08 Å². The predicted octanol–water partition coefficient (Wildman–Crippen LogP) is 3.93. The summed E-state index contributed by atoms with van der Waals surface area (Å²) in [5.41, 5.74) is 1.82. The zero-order valence-electron chi connectivity index (χ0n) is 16.8. The number of aliphatic hydroxyl groups excluding tert-OH is 1. The number of fused-ring (bicyclic) bond motifs is 1. The lowest BCUT2D eigenvalue weighted by Crippen LogP contribution is -2.33. The van der Waals surface area contributed by atoms with E-state index < -0.39 is 15.1 Å². The number of hydrogen-bond donors (Lipinski definition) is 1. The molecule has 0 saturated carbocycles. The Morgan fingerprint density at radius 2 is 2.00 bits per heavy atom. The average molecular weight is 405 g/mol. The molecule has 1 aliphatic carbocycles. The summed E-state index contributed by atoms with van der Waals surface area (Å²) in [5.74, 6) is 0.453. The van der Waals surface area contributed by atoms with E-state index in [4.69, 9.17) is 4.74 Å². The van der Waals surface area contributed by atoms with Gasteiger partial charge in [-0.3, -0.25) is 0 Å². The van der Waals surface area contributed by atoms with Gasteiger partial charge in [0.05, 0.1) is 12.4 Å². The number of nitrogens with zero attached hydrogens (tertiary/aromatic N) is 1. The molecule has 5 nitrogen and oxygen atoms in total. The third kappa shape index (κ3) is 3.88. The molecule has 0 bridgehead atoms. The van der Waals surface area contributed by atoms with Gasteiger partial charge in [-0.1, -0.05) is 43.7 Å². The molecule has 0 aromatic heterocycles. The van der Waals surface area contributed by atoms with Crippen LogP contribution in [0.15, 0.2) is 53.5 Å². The van der Waals surface area contributed by atoms with Crippen molar-refractivity contribution in [3.63, 3.8) is 0 Å². The average Bonchev–Trinajstić information content (AvgIpc) is 2.78.